The largest absolute Gasteiger partial charge is 0.341 e. The van der Waals surface area contributed by atoms with Gasteiger partial charge >= 0.3 is 0 Å². The molecule has 0 bridgehead atoms. The molecule has 3 aromatic rings. The van der Waals surface area contributed by atoms with Crippen LogP contribution in [0.5, 0.6) is 0 Å². The molecule has 1 heterocycles. The van der Waals surface area contributed by atoms with Crippen molar-refractivity contribution in [3.63, 3.8) is 0 Å². The maximum absolute atomic E-state index is 13.6. The second-order valence-corrected chi connectivity index (χ2v) is 10.9. The average Bonchev–Trinajstić information content (AvgIpc) is 3.06. The third-order valence-corrected chi connectivity index (χ3v) is 9.76. The Hall–Kier alpha value is -2.90. The van der Waals surface area contributed by atoms with E-state index in [1.807, 2.05) is 105 Å². The van der Waals surface area contributed by atoms with E-state index in [4.69, 9.17) is 0 Å². The zero-order valence-corrected chi connectivity index (χ0v) is 17.5. The lowest BCUT2D eigenvalue weighted by Gasteiger charge is -2.30. The van der Waals surface area contributed by atoms with Crippen LogP contribution < -0.4 is 21.2 Å². The van der Waals surface area contributed by atoms with Crippen molar-refractivity contribution in [3.8, 4) is 0 Å². The molecule has 0 radical (unpaired) electrons. The predicted molar refractivity (Wildman–Crippen MR) is 122 cm³/mol. The van der Waals surface area contributed by atoms with Crippen LogP contribution in [-0.4, -0.2) is 23.0 Å². The van der Waals surface area contributed by atoms with Crippen LogP contribution in [0.25, 0.3) is 0 Å². The number of Topliss-reactive ketones (excluding diaryl/α,β-unsaturated/α-hetero) is 1. The molecule has 3 aromatic carbocycles. The Balaban J connectivity index is 2.22. The van der Waals surface area contributed by atoms with E-state index < -0.39 is 12.9 Å². The second-order valence-electron chi connectivity index (χ2n) is 7.59. The summed E-state index contributed by atoms with van der Waals surface area (Å²) >= 11 is 0. The van der Waals surface area contributed by atoms with Crippen LogP contribution in [0.4, 0.5) is 0 Å². The molecule has 0 unspecified atom stereocenters. The molecule has 1 N–H and O–H groups in total. The molecule has 1 amide bonds. The Morgan fingerprint density at radius 3 is 1.38 bits per heavy atom. The average molecular weight is 401 g/mol. The standard InChI is InChI=1S/C25H24NO2P/c1-18(2)22-23(27)24(25(28)26-22)29(19-12-6-3-7-13-19,20-14-8-4-9-15-20)21-16-10-5-11-17-21/h3-18,22H,1-2H3,(H,26,28)/t22-/m0/s1. The molecule has 1 atom stereocenters. The number of carbonyl (C=O) groups is 2. The van der Waals surface area contributed by atoms with E-state index in [-0.39, 0.29) is 17.6 Å². The molecular formula is C25H24NO2P. The molecule has 146 valence electrons. The van der Waals surface area contributed by atoms with Gasteiger partial charge in [-0.3, -0.25) is 9.59 Å². The predicted octanol–water partition coefficient (Wildman–Crippen LogP) is 2.88. The highest BCUT2D eigenvalue weighted by atomic mass is 31.2. The summed E-state index contributed by atoms with van der Waals surface area (Å²) in [6.45, 7) is 1.31. The molecule has 0 saturated carbocycles. The fourth-order valence-electron chi connectivity index (χ4n) is 4.11. The zero-order chi connectivity index (χ0) is 20.4. The van der Waals surface area contributed by atoms with Crippen LogP contribution in [-0.2, 0) is 9.59 Å². The summed E-state index contributed by atoms with van der Waals surface area (Å²) in [5, 5.41) is 6.42. The smallest absolute Gasteiger partial charge is 0.256 e. The van der Waals surface area contributed by atoms with Gasteiger partial charge in [0.05, 0.1) is 11.3 Å². The fourth-order valence-corrected chi connectivity index (χ4v) is 8.48. The molecule has 1 aliphatic heterocycles. The highest BCUT2D eigenvalue weighted by molar-refractivity contribution is 7.97. The van der Waals surface area contributed by atoms with Crippen molar-refractivity contribution < 1.29 is 9.59 Å². The van der Waals surface area contributed by atoms with E-state index in [2.05, 4.69) is 5.32 Å². The number of benzene rings is 3. The lowest BCUT2D eigenvalue weighted by atomic mass is 10.0. The Labute approximate surface area is 171 Å². The first-order valence-corrected chi connectivity index (χ1v) is 11.6. The minimum atomic E-state index is -2.64. The summed E-state index contributed by atoms with van der Waals surface area (Å²) in [6, 6.07) is 29.6. The van der Waals surface area contributed by atoms with Crippen molar-refractivity contribution in [2.24, 2.45) is 5.92 Å². The summed E-state index contributed by atoms with van der Waals surface area (Å²) in [5.74, 6) is -0.276. The molecule has 3 nitrogen and oxygen atoms in total. The van der Waals surface area contributed by atoms with Crippen molar-refractivity contribution in [1.82, 2.24) is 5.32 Å². The number of carbonyl (C=O) groups excluding carboxylic acids is 2. The van der Waals surface area contributed by atoms with Crippen LogP contribution in [0.15, 0.2) is 91.0 Å². The third kappa shape index (κ3) is 3.16. The van der Waals surface area contributed by atoms with Crippen molar-refractivity contribution in [3.05, 3.63) is 91.0 Å². The Bertz CT molecular complexity index is 986. The number of nitrogens with one attached hydrogen (secondary N) is 1. The first kappa shape index (κ1) is 19.4. The first-order chi connectivity index (χ1) is 14.1. The lowest BCUT2D eigenvalue weighted by Crippen LogP contribution is -2.36. The summed E-state index contributed by atoms with van der Waals surface area (Å²) < 4.78 is 0. The summed E-state index contributed by atoms with van der Waals surface area (Å²) in [7, 11) is 0. The van der Waals surface area contributed by atoms with Gasteiger partial charge < -0.3 is 5.32 Å². The Kier molecular flexibility index (Phi) is 5.25. The van der Waals surface area contributed by atoms with Crippen molar-refractivity contribution in [2.75, 3.05) is 0 Å². The highest BCUT2D eigenvalue weighted by Gasteiger charge is 2.45. The quantitative estimate of drug-likeness (QED) is 0.684. The van der Waals surface area contributed by atoms with Crippen molar-refractivity contribution >= 4 is 39.8 Å². The minimum Gasteiger partial charge on any atom is -0.341 e. The summed E-state index contributed by atoms with van der Waals surface area (Å²) in [5.41, 5.74) is 0. The van der Waals surface area contributed by atoms with Crippen molar-refractivity contribution in [2.45, 2.75) is 19.9 Å². The van der Waals surface area contributed by atoms with E-state index in [0.29, 0.717) is 5.29 Å². The number of amides is 1. The van der Waals surface area contributed by atoms with Gasteiger partial charge in [-0.1, -0.05) is 105 Å². The van der Waals surface area contributed by atoms with E-state index in [0.717, 1.165) is 15.9 Å². The van der Waals surface area contributed by atoms with E-state index in [1.54, 1.807) is 0 Å². The maximum Gasteiger partial charge on any atom is 0.256 e. The first-order valence-electron chi connectivity index (χ1n) is 9.85. The number of hydrogen-bond acceptors (Lipinski definition) is 2. The van der Waals surface area contributed by atoms with Gasteiger partial charge in [0, 0.05) is 0 Å². The van der Waals surface area contributed by atoms with E-state index in [9.17, 15) is 9.59 Å². The molecule has 0 spiro atoms. The van der Waals surface area contributed by atoms with Gasteiger partial charge in [0.1, 0.15) is 0 Å². The molecule has 1 fully saturated rings. The van der Waals surface area contributed by atoms with Gasteiger partial charge in [-0.15, -0.1) is 0 Å². The molecule has 1 aliphatic rings. The molecule has 1 saturated heterocycles. The van der Waals surface area contributed by atoms with E-state index in [1.165, 1.54) is 0 Å². The van der Waals surface area contributed by atoms with Gasteiger partial charge in [-0.2, -0.15) is 0 Å². The second kappa shape index (κ2) is 7.85. The molecular weight excluding hydrogens is 377 g/mol. The van der Waals surface area contributed by atoms with Crippen LogP contribution in [0, 0.1) is 5.92 Å². The van der Waals surface area contributed by atoms with Gasteiger partial charge in [0.15, 0.2) is 5.78 Å². The lowest BCUT2D eigenvalue weighted by molar-refractivity contribution is -0.116. The van der Waals surface area contributed by atoms with Crippen LogP contribution >= 0.6 is 6.89 Å². The summed E-state index contributed by atoms with van der Waals surface area (Å²) in [6.07, 6.45) is 0. The van der Waals surface area contributed by atoms with Crippen LogP contribution in [0.3, 0.4) is 0 Å². The fraction of sp³-hybridized carbons (Fsp3) is 0.160. The molecule has 4 rings (SSSR count). The number of ketones is 1. The third-order valence-electron chi connectivity index (χ3n) is 5.45. The van der Waals surface area contributed by atoms with Gasteiger partial charge in [0.25, 0.3) is 5.91 Å². The zero-order valence-electron chi connectivity index (χ0n) is 16.6. The molecule has 0 aliphatic carbocycles. The highest BCUT2D eigenvalue weighted by Crippen LogP contribution is 2.47. The monoisotopic (exact) mass is 401 g/mol. The molecule has 4 heteroatoms. The summed E-state index contributed by atoms with van der Waals surface area (Å²) in [4.78, 5) is 27.0. The van der Waals surface area contributed by atoms with Gasteiger partial charge in [0.2, 0.25) is 0 Å². The number of rotatable bonds is 4. The molecule has 0 aromatic heterocycles. The van der Waals surface area contributed by atoms with Gasteiger partial charge in [-0.05, 0) is 28.7 Å². The Morgan fingerprint density at radius 1 is 0.690 bits per heavy atom. The Morgan fingerprint density at radius 2 is 1.07 bits per heavy atom. The van der Waals surface area contributed by atoms with E-state index >= 15 is 0 Å². The number of hydrogen-bond donors (Lipinski definition) is 1. The SMILES string of the molecule is CC(C)[C@@H]1NC(=O)C(=P(c2ccccc2)(c2ccccc2)c2ccccc2)C1=O. The van der Waals surface area contributed by atoms with Crippen molar-refractivity contribution in [1.29, 1.82) is 0 Å². The normalized spacial score (nSPS) is 16.9. The topological polar surface area (TPSA) is 46.2 Å². The minimum absolute atomic E-state index is 0.0353. The maximum atomic E-state index is 13.6. The van der Waals surface area contributed by atoms with Crippen LogP contribution in [0.1, 0.15) is 13.8 Å². The van der Waals surface area contributed by atoms with Crippen LogP contribution in [0.2, 0.25) is 0 Å². The molecule has 29 heavy (non-hydrogen) atoms. The van der Waals surface area contributed by atoms with Gasteiger partial charge in [-0.25, -0.2) is 0 Å².